The molecule has 27 heavy (non-hydrogen) atoms. The number of nitrogens with one attached hydrogen (secondary N) is 1. The van der Waals surface area contributed by atoms with Crippen LogP contribution >= 0.6 is 11.3 Å². The van der Waals surface area contributed by atoms with Crippen molar-refractivity contribution in [2.45, 2.75) is 26.4 Å². The lowest BCUT2D eigenvalue weighted by atomic mass is 10.0. The minimum absolute atomic E-state index is 0.0102. The number of carbonyl (C=O) groups is 2. The van der Waals surface area contributed by atoms with Gasteiger partial charge in [0, 0.05) is 22.9 Å². The highest BCUT2D eigenvalue weighted by Gasteiger charge is 2.31. The van der Waals surface area contributed by atoms with Crippen LogP contribution in [0.4, 0.5) is 5.00 Å². The van der Waals surface area contributed by atoms with Gasteiger partial charge in [0.05, 0.1) is 0 Å². The van der Waals surface area contributed by atoms with E-state index >= 15 is 0 Å². The van der Waals surface area contributed by atoms with Crippen LogP contribution in [0.1, 0.15) is 34.7 Å². The molecule has 0 saturated heterocycles. The second-order valence-electron chi connectivity index (χ2n) is 6.49. The Hall–Kier alpha value is -2.93. The number of nitrogens with zero attached hydrogens (tertiary/aromatic N) is 1. The lowest BCUT2D eigenvalue weighted by Crippen LogP contribution is -2.16. The van der Waals surface area contributed by atoms with Gasteiger partial charge in [0.15, 0.2) is 0 Å². The minimum atomic E-state index is -0.498. The molecule has 0 radical (unpaired) electrons. The number of rotatable bonds is 6. The molecular formula is C20H18N2O4S. The number of ether oxygens (including phenoxy) is 1. The number of aryl methyl sites for hydroxylation is 1. The SMILES string of the molecule is Cc1cc(COC(=O)c2c(-c3ccccc3)csc2NC(=O)C2CC2)no1. The van der Waals surface area contributed by atoms with Crippen molar-refractivity contribution in [2.24, 2.45) is 5.92 Å². The summed E-state index contributed by atoms with van der Waals surface area (Å²) in [6.45, 7) is 1.78. The van der Waals surface area contributed by atoms with Crippen LogP contribution in [0.3, 0.4) is 0 Å². The maximum Gasteiger partial charge on any atom is 0.342 e. The lowest BCUT2D eigenvalue weighted by Gasteiger charge is -2.09. The summed E-state index contributed by atoms with van der Waals surface area (Å²) in [4.78, 5) is 25.0. The Morgan fingerprint density at radius 3 is 2.74 bits per heavy atom. The Morgan fingerprint density at radius 2 is 2.07 bits per heavy atom. The van der Waals surface area contributed by atoms with Crippen LogP contribution in [0.2, 0.25) is 0 Å². The molecule has 1 fully saturated rings. The number of benzene rings is 1. The van der Waals surface area contributed by atoms with Crippen molar-refractivity contribution in [2.75, 3.05) is 5.32 Å². The number of anilines is 1. The van der Waals surface area contributed by atoms with Gasteiger partial charge in [-0.3, -0.25) is 4.79 Å². The standard InChI is InChI=1S/C20H18N2O4S/c1-12-9-15(22-26-12)10-25-20(24)17-16(13-5-3-2-4-6-13)11-27-19(17)21-18(23)14-7-8-14/h2-6,9,11,14H,7-8,10H2,1H3,(H,21,23). The number of hydrogen-bond donors (Lipinski definition) is 1. The molecule has 0 unspecified atom stereocenters. The maximum absolute atomic E-state index is 12.8. The third-order valence-corrected chi connectivity index (χ3v) is 5.19. The van der Waals surface area contributed by atoms with Crippen molar-refractivity contribution in [1.29, 1.82) is 0 Å². The van der Waals surface area contributed by atoms with Gasteiger partial charge in [0.2, 0.25) is 5.91 Å². The van der Waals surface area contributed by atoms with E-state index in [1.807, 2.05) is 35.7 Å². The fourth-order valence-electron chi connectivity index (χ4n) is 2.74. The molecule has 1 saturated carbocycles. The Bertz CT molecular complexity index is 973. The molecular weight excluding hydrogens is 364 g/mol. The third kappa shape index (κ3) is 3.93. The zero-order valence-corrected chi connectivity index (χ0v) is 15.5. The summed E-state index contributed by atoms with van der Waals surface area (Å²) in [5.74, 6) is 0.160. The Morgan fingerprint density at radius 1 is 1.30 bits per heavy atom. The van der Waals surface area contributed by atoms with Crippen LogP contribution in [0, 0.1) is 12.8 Å². The molecule has 138 valence electrons. The van der Waals surface area contributed by atoms with Crippen LogP contribution in [0.5, 0.6) is 0 Å². The van der Waals surface area contributed by atoms with E-state index in [9.17, 15) is 9.59 Å². The number of carbonyl (C=O) groups excluding carboxylic acids is 2. The zero-order chi connectivity index (χ0) is 18.8. The summed E-state index contributed by atoms with van der Waals surface area (Å²) in [5, 5.41) is 9.11. The highest BCUT2D eigenvalue weighted by molar-refractivity contribution is 7.15. The summed E-state index contributed by atoms with van der Waals surface area (Å²) >= 11 is 1.33. The molecule has 1 aliphatic carbocycles. The van der Waals surface area contributed by atoms with Crippen LogP contribution in [-0.2, 0) is 16.1 Å². The first-order valence-corrected chi connectivity index (χ1v) is 9.57. The van der Waals surface area contributed by atoms with Gasteiger partial charge in [-0.2, -0.15) is 0 Å². The van der Waals surface area contributed by atoms with Crippen molar-refractivity contribution in [3.8, 4) is 11.1 Å². The van der Waals surface area contributed by atoms with Gasteiger partial charge < -0.3 is 14.6 Å². The minimum Gasteiger partial charge on any atom is -0.455 e. The molecule has 0 aliphatic heterocycles. The van der Waals surface area contributed by atoms with Crippen LogP contribution in [0.15, 0.2) is 46.3 Å². The molecule has 1 amide bonds. The van der Waals surface area contributed by atoms with Gasteiger partial charge in [-0.1, -0.05) is 35.5 Å². The van der Waals surface area contributed by atoms with E-state index < -0.39 is 5.97 Å². The highest BCUT2D eigenvalue weighted by atomic mass is 32.1. The van der Waals surface area contributed by atoms with Gasteiger partial charge in [-0.25, -0.2) is 4.79 Å². The van der Waals surface area contributed by atoms with Crippen molar-refractivity contribution in [3.05, 3.63) is 58.8 Å². The molecule has 0 spiro atoms. The molecule has 3 aromatic rings. The Balaban J connectivity index is 1.61. The van der Waals surface area contributed by atoms with Gasteiger partial charge in [-0.05, 0) is 25.3 Å². The normalized spacial score (nSPS) is 13.4. The quantitative estimate of drug-likeness (QED) is 0.638. The van der Waals surface area contributed by atoms with E-state index in [1.165, 1.54) is 11.3 Å². The smallest absolute Gasteiger partial charge is 0.342 e. The van der Waals surface area contributed by atoms with Crippen LogP contribution in [0.25, 0.3) is 11.1 Å². The molecule has 6 nitrogen and oxygen atoms in total. The van der Waals surface area contributed by atoms with Gasteiger partial charge >= 0.3 is 5.97 Å². The fourth-order valence-corrected chi connectivity index (χ4v) is 3.70. The van der Waals surface area contributed by atoms with E-state index in [4.69, 9.17) is 9.26 Å². The summed E-state index contributed by atoms with van der Waals surface area (Å²) in [6.07, 6.45) is 1.79. The first-order valence-electron chi connectivity index (χ1n) is 8.69. The monoisotopic (exact) mass is 382 g/mol. The molecule has 2 heterocycles. The second kappa shape index (κ2) is 7.36. The second-order valence-corrected chi connectivity index (χ2v) is 7.37. The van der Waals surface area contributed by atoms with Gasteiger partial charge in [-0.15, -0.1) is 11.3 Å². The molecule has 1 aliphatic rings. The molecule has 4 rings (SSSR count). The van der Waals surface area contributed by atoms with E-state index in [0.29, 0.717) is 22.0 Å². The molecule has 0 atom stereocenters. The van der Waals surface area contributed by atoms with Crippen LogP contribution < -0.4 is 5.32 Å². The van der Waals surface area contributed by atoms with Crippen molar-refractivity contribution < 1.29 is 18.8 Å². The van der Waals surface area contributed by atoms with Crippen LogP contribution in [-0.4, -0.2) is 17.0 Å². The molecule has 1 aromatic carbocycles. The Labute approximate surface area is 160 Å². The number of aromatic nitrogens is 1. The lowest BCUT2D eigenvalue weighted by molar-refractivity contribution is -0.117. The largest absolute Gasteiger partial charge is 0.455 e. The van der Waals surface area contributed by atoms with E-state index in [-0.39, 0.29) is 18.4 Å². The Kier molecular flexibility index (Phi) is 4.77. The van der Waals surface area contributed by atoms with Gasteiger partial charge in [0.1, 0.15) is 28.6 Å². The summed E-state index contributed by atoms with van der Waals surface area (Å²) in [5.41, 5.74) is 2.55. The molecule has 1 N–H and O–H groups in total. The predicted octanol–water partition coefficient (Wildman–Crippen LogP) is 4.42. The third-order valence-electron chi connectivity index (χ3n) is 4.29. The first-order chi connectivity index (χ1) is 13.1. The number of thiophene rings is 1. The number of amides is 1. The summed E-state index contributed by atoms with van der Waals surface area (Å²) in [7, 11) is 0. The van der Waals surface area contributed by atoms with Gasteiger partial charge in [0.25, 0.3) is 0 Å². The van der Waals surface area contributed by atoms with E-state index in [1.54, 1.807) is 13.0 Å². The average Bonchev–Trinajstić information content (AvgIpc) is 3.33. The predicted molar refractivity (Wildman–Crippen MR) is 101 cm³/mol. The van der Waals surface area contributed by atoms with Crippen molar-refractivity contribution in [1.82, 2.24) is 5.16 Å². The van der Waals surface area contributed by atoms with E-state index in [0.717, 1.165) is 24.0 Å². The zero-order valence-electron chi connectivity index (χ0n) is 14.7. The first kappa shape index (κ1) is 17.5. The maximum atomic E-state index is 12.8. The average molecular weight is 382 g/mol. The number of esters is 1. The molecule has 7 heteroatoms. The fraction of sp³-hybridized carbons (Fsp3) is 0.250. The van der Waals surface area contributed by atoms with Crippen molar-refractivity contribution >= 4 is 28.2 Å². The van der Waals surface area contributed by atoms with Crippen molar-refractivity contribution in [3.63, 3.8) is 0 Å². The molecule has 2 aromatic heterocycles. The molecule has 0 bridgehead atoms. The summed E-state index contributed by atoms with van der Waals surface area (Å²) in [6, 6.07) is 11.3. The highest BCUT2D eigenvalue weighted by Crippen LogP contribution is 2.38. The number of hydrogen-bond acceptors (Lipinski definition) is 6. The summed E-state index contributed by atoms with van der Waals surface area (Å²) < 4.78 is 10.4. The van der Waals surface area contributed by atoms with E-state index in [2.05, 4.69) is 10.5 Å². The topological polar surface area (TPSA) is 81.4 Å².